The van der Waals surface area contributed by atoms with Crippen LogP contribution in [0.3, 0.4) is 0 Å². The second kappa shape index (κ2) is 5.85. The lowest BCUT2D eigenvalue weighted by molar-refractivity contribution is 0.0979. The summed E-state index contributed by atoms with van der Waals surface area (Å²) >= 11 is 0. The van der Waals surface area contributed by atoms with Crippen LogP contribution in [0.15, 0.2) is 48.5 Å². The Balaban J connectivity index is 1.95. The molecule has 0 fully saturated rings. The zero-order chi connectivity index (χ0) is 17.6. The van der Waals surface area contributed by atoms with Gasteiger partial charge in [0.15, 0.2) is 11.6 Å². The highest BCUT2D eigenvalue weighted by atomic mass is 16.5. The Bertz CT molecular complexity index is 1030. The Kier molecular flexibility index (Phi) is 3.65. The second-order valence-corrected chi connectivity index (χ2v) is 6.37. The molecule has 3 aromatic rings. The lowest BCUT2D eigenvalue weighted by Crippen LogP contribution is -2.21. The summed E-state index contributed by atoms with van der Waals surface area (Å²) < 4.78 is 5.40. The van der Waals surface area contributed by atoms with E-state index < -0.39 is 0 Å². The second-order valence-electron chi connectivity index (χ2n) is 6.37. The van der Waals surface area contributed by atoms with E-state index in [0.29, 0.717) is 28.0 Å². The molecule has 124 valence electrons. The van der Waals surface area contributed by atoms with Crippen LogP contribution in [0.5, 0.6) is 5.75 Å². The third kappa shape index (κ3) is 2.35. The topological polar surface area (TPSA) is 43.4 Å². The summed E-state index contributed by atoms with van der Waals surface area (Å²) in [5.41, 5.74) is 3.03. The van der Waals surface area contributed by atoms with Crippen molar-refractivity contribution in [3.05, 3.63) is 76.3 Å². The summed E-state index contributed by atoms with van der Waals surface area (Å²) in [7, 11) is 1.60. The monoisotopic (exact) mass is 330 g/mol. The van der Waals surface area contributed by atoms with Gasteiger partial charge in [-0.25, -0.2) is 0 Å². The number of methoxy groups -OCH3 is 1. The number of carbonyl (C=O) groups is 2. The Morgan fingerprint density at radius 1 is 0.840 bits per heavy atom. The molecule has 0 aliphatic heterocycles. The van der Waals surface area contributed by atoms with Crippen molar-refractivity contribution in [2.24, 2.45) is 0 Å². The van der Waals surface area contributed by atoms with Crippen LogP contribution in [0.1, 0.15) is 50.8 Å². The van der Waals surface area contributed by atoms with Crippen LogP contribution in [-0.2, 0) is 6.42 Å². The molecule has 1 aliphatic carbocycles. The van der Waals surface area contributed by atoms with E-state index in [9.17, 15) is 9.59 Å². The van der Waals surface area contributed by atoms with E-state index in [-0.39, 0.29) is 11.6 Å². The van der Waals surface area contributed by atoms with Gasteiger partial charge in [-0.15, -0.1) is 0 Å². The van der Waals surface area contributed by atoms with Gasteiger partial charge in [-0.2, -0.15) is 0 Å². The Hall–Kier alpha value is -2.94. The molecule has 25 heavy (non-hydrogen) atoms. The van der Waals surface area contributed by atoms with Crippen molar-refractivity contribution >= 4 is 22.3 Å². The first kappa shape index (κ1) is 15.6. The van der Waals surface area contributed by atoms with Gasteiger partial charge in [0.25, 0.3) is 0 Å². The average Bonchev–Trinajstić information content (AvgIpc) is 2.64. The molecule has 0 unspecified atom stereocenters. The molecule has 1 aliphatic rings. The maximum atomic E-state index is 13.1. The third-order valence-corrected chi connectivity index (χ3v) is 4.80. The smallest absolute Gasteiger partial charge is 0.194 e. The fourth-order valence-electron chi connectivity index (χ4n) is 3.56. The van der Waals surface area contributed by atoms with E-state index >= 15 is 0 Å². The number of fused-ring (bicyclic) bond motifs is 3. The molecular formula is C22H18O3. The molecule has 0 aromatic heterocycles. The molecule has 0 saturated heterocycles. The highest BCUT2D eigenvalue weighted by Crippen LogP contribution is 2.34. The van der Waals surface area contributed by atoms with Crippen LogP contribution in [0.4, 0.5) is 0 Å². The Morgan fingerprint density at radius 3 is 2.32 bits per heavy atom. The number of benzene rings is 3. The summed E-state index contributed by atoms with van der Waals surface area (Å²) in [5.74, 6) is 0.527. The van der Waals surface area contributed by atoms with Gasteiger partial charge in [0, 0.05) is 27.6 Å². The predicted molar refractivity (Wildman–Crippen MR) is 97.8 cm³/mol. The van der Waals surface area contributed by atoms with Gasteiger partial charge in [-0.05, 0) is 41.6 Å². The molecule has 4 rings (SSSR count). The number of rotatable bonds is 3. The predicted octanol–water partition coefficient (Wildman–Crippen LogP) is 4.58. The molecule has 0 atom stereocenters. The van der Waals surface area contributed by atoms with E-state index in [4.69, 9.17) is 4.74 Å². The molecule has 0 spiro atoms. The number of hydrogen-bond donors (Lipinski definition) is 0. The summed E-state index contributed by atoms with van der Waals surface area (Å²) in [6.45, 7) is 2.10. The lowest BCUT2D eigenvalue weighted by Gasteiger charge is -2.19. The molecule has 0 radical (unpaired) electrons. The fourth-order valence-corrected chi connectivity index (χ4v) is 3.56. The van der Waals surface area contributed by atoms with Crippen molar-refractivity contribution in [1.82, 2.24) is 0 Å². The molecular weight excluding hydrogens is 312 g/mol. The van der Waals surface area contributed by atoms with E-state index in [1.807, 2.05) is 30.3 Å². The first-order chi connectivity index (χ1) is 12.1. The first-order valence-corrected chi connectivity index (χ1v) is 8.47. The molecule has 0 bridgehead atoms. The van der Waals surface area contributed by atoms with Gasteiger partial charge in [0.2, 0.25) is 0 Å². The van der Waals surface area contributed by atoms with Gasteiger partial charge in [-0.3, -0.25) is 9.59 Å². The molecule has 0 N–H and O–H groups in total. The van der Waals surface area contributed by atoms with Gasteiger partial charge >= 0.3 is 0 Å². The third-order valence-electron chi connectivity index (χ3n) is 4.80. The molecule has 0 saturated carbocycles. The van der Waals surface area contributed by atoms with E-state index in [0.717, 1.165) is 29.2 Å². The maximum Gasteiger partial charge on any atom is 0.194 e. The zero-order valence-corrected chi connectivity index (χ0v) is 14.3. The van der Waals surface area contributed by atoms with Gasteiger partial charge < -0.3 is 4.74 Å². The van der Waals surface area contributed by atoms with E-state index in [1.165, 1.54) is 0 Å². The van der Waals surface area contributed by atoms with Crippen LogP contribution in [0, 0.1) is 0 Å². The Labute approximate surface area is 146 Å². The van der Waals surface area contributed by atoms with Crippen molar-refractivity contribution in [2.75, 3.05) is 7.11 Å². The number of carbonyl (C=O) groups excluding carboxylic acids is 2. The number of aryl methyl sites for hydroxylation is 1. The molecule has 3 aromatic carbocycles. The highest BCUT2D eigenvalue weighted by Gasteiger charge is 2.30. The van der Waals surface area contributed by atoms with E-state index in [1.54, 1.807) is 25.3 Å². The summed E-state index contributed by atoms with van der Waals surface area (Å²) in [5, 5.41) is 1.74. The van der Waals surface area contributed by atoms with Crippen LogP contribution < -0.4 is 4.74 Å². The Morgan fingerprint density at radius 2 is 1.56 bits per heavy atom. The first-order valence-electron chi connectivity index (χ1n) is 8.47. The molecule has 0 amide bonds. The summed E-state index contributed by atoms with van der Waals surface area (Å²) in [4.78, 5) is 26.0. The number of ketones is 2. The van der Waals surface area contributed by atoms with Crippen molar-refractivity contribution in [3.63, 3.8) is 0 Å². The van der Waals surface area contributed by atoms with Crippen LogP contribution >= 0.6 is 0 Å². The lowest BCUT2D eigenvalue weighted by atomic mass is 9.82. The fraction of sp³-hybridized carbons (Fsp3) is 0.182. The van der Waals surface area contributed by atoms with Crippen molar-refractivity contribution in [2.45, 2.75) is 19.8 Å². The molecule has 3 heteroatoms. The summed E-state index contributed by atoms with van der Waals surface area (Å²) in [6.07, 6.45) is 1.90. The minimum absolute atomic E-state index is 0.0858. The normalized spacial score (nSPS) is 12.9. The van der Waals surface area contributed by atoms with Crippen molar-refractivity contribution in [1.29, 1.82) is 0 Å². The quantitative estimate of drug-likeness (QED) is 0.552. The standard InChI is InChI=1S/C22H18O3/c1-3-5-13-8-9-15-17(10-13)22(24)19-12-16-14(11-18(19)21(15)23)6-4-7-20(16)25-2/h4,6-12H,3,5H2,1-2H3. The molecule has 0 heterocycles. The minimum atomic E-state index is -0.0876. The van der Waals surface area contributed by atoms with Gasteiger partial charge in [0.1, 0.15) is 5.75 Å². The largest absolute Gasteiger partial charge is 0.496 e. The van der Waals surface area contributed by atoms with Gasteiger partial charge in [0.05, 0.1) is 7.11 Å². The van der Waals surface area contributed by atoms with Crippen LogP contribution in [0.25, 0.3) is 10.8 Å². The van der Waals surface area contributed by atoms with Crippen LogP contribution in [-0.4, -0.2) is 18.7 Å². The van der Waals surface area contributed by atoms with Crippen molar-refractivity contribution < 1.29 is 14.3 Å². The zero-order valence-electron chi connectivity index (χ0n) is 14.3. The SMILES string of the molecule is CCCc1ccc2c(c1)C(=O)c1cc3c(OC)cccc3cc1C2=O. The number of ether oxygens (including phenoxy) is 1. The van der Waals surface area contributed by atoms with E-state index in [2.05, 4.69) is 6.92 Å². The average molecular weight is 330 g/mol. The highest BCUT2D eigenvalue weighted by molar-refractivity contribution is 6.29. The maximum absolute atomic E-state index is 13.1. The minimum Gasteiger partial charge on any atom is -0.496 e. The van der Waals surface area contributed by atoms with Gasteiger partial charge in [-0.1, -0.05) is 37.6 Å². The molecule has 3 nitrogen and oxygen atoms in total. The summed E-state index contributed by atoms with van der Waals surface area (Å²) in [6, 6.07) is 14.9. The number of hydrogen-bond acceptors (Lipinski definition) is 3. The van der Waals surface area contributed by atoms with Crippen molar-refractivity contribution in [3.8, 4) is 5.75 Å². The van der Waals surface area contributed by atoms with Crippen LogP contribution in [0.2, 0.25) is 0 Å².